The van der Waals surface area contributed by atoms with Crippen LogP contribution in [0.5, 0.6) is 0 Å². The molecule has 0 bridgehead atoms. The standard InChI is InChI=1S/C16H22N4O2/c1-11-9-17-7-8-20(11)12-3-4-13(18-10-12)16(2)6-5-14(21)19-15(16)22/h3-4,10-11,17H,5-9H2,1-2H3,(H,19,21,22)/t11-,16+/m0/s1. The maximum atomic E-state index is 12.2. The molecular formula is C16H22N4O2. The molecule has 6 heteroatoms. The van der Waals surface area contributed by atoms with Crippen LogP contribution in [0.2, 0.25) is 0 Å². The Balaban J connectivity index is 1.82. The highest BCUT2D eigenvalue weighted by Crippen LogP contribution is 2.31. The minimum Gasteiger partial charge on any atom is -0.365 e. The third-order valence-electron chi connectivity index (χ3n) is 4.75. The fraction of sp³-hybridized carbons (Fsp3) is 0.562. The molecule has 3 heterocycles. The molecule has 2 amide bonds. The van der Waals surface area contributed by atoms with Crippen molar-refractivity contribution in [1.82, 2.24) is 15.6 Å². The van der Waals surface area contributed by atoms with Crippen molar-refractivity contribution in [2.24, 2.45) is 0 Å². The monoisotopic (exact) mass is 302 g/mol. The molecule has 2 aliphatic rings. The Kier molecular flexibility index (Phi) is 3.87. The molecule has 3 rings (SSSR count). The molecule has 0 aliphatic carbocycles. The molecule has 0 spiro atoms. The molecule has 2 fully saturated rings. The van der Waals surface area contributed by atoms with Gasteiger partial charge in [-0.1, -0.05) is 0 Å². The van der Waals surface area contributed by atoms with E-state index in [0.717, 1.165) is 31.0 Å². The molecule has 2 aliphatic heterocycles. The van der Waals surface area contributed by atoms with Crippen molar-refractivity contribution < 1.29 is 9.59 Å². The lowest BCUT2D eigenvalue weighted by molar-refractivity contribution is -0.137. The highest BCUT2D eigenvalue weighted by Gasteiger charge is 2.41. The second kappa shape index (κ2) is 5.68. The zero-order valence-corrected chi connectivity index (χ0v) is 13.1. The Bertz CT molecular complexity index is 586. The summed E-state index contributed by atoms with van der Waals surface area (Å²) in [6.07, 6.45) is 2.71. The fourth-order valence-electron chi connectivity index (χ4n) is 3.16. The van der Waals surface area contributed by atoms with Crippen molar-refractivity contribution >= 4 is 17.5 Å². The number of carbonyl (C=O) groups is 2. The van der Waals surface area contributed by atoms with Gasteiger partial charge in [0, 0.05) is 32.1 Å². The van der Waals surface area contributed by atoms with Crippen molar-refractivity contribution in [3.05, 3.63) is 24.0 Å². The number of rotatable bonds is 2. The van der Waals surface area contributed by atoms with E-state index < -0.39 is 5.41 Å². The summed E-state index contributed by atoms with van der Waals surface area (Å²) in [7, 11) is 0. The van der Waals surface area contributed by atoms with Crippen molar-refractivity contribution in [2.45, 2.75) is 38.1 Å². The molecule has 2 N–H and O–H groups in total. The van der Waals surface area contributed by atoms with Crippen molar-refractivity contribution in [3.63, 3.8) is 0 Å². The second-order valence-electron chi connectivity index (χ2n) is 6.36. The summed E-state index contributed by atoms with van der Waals surface area (Å²) in [4.78, 5) is 30.3. The van der Waals surface area contributed by atoms with E-state index in [4.69, 9.17) is 0 Å². The average molecular weight is 302 g/mol. The molecule has 2 atom stereocenters. The minimum absolute atomic E-state index is 0.200. The number of imide groups is 1. The predicted octanol–water partition coefficient (Wildman–Crippen LogP) is 0.574. The highest BCUT2D eigenvalue weighted by molar-refractivity contribution is 6.03. The molecule has 1 aromatic heterocycles. The molecule has 6 nitrogen and oxygen atoms in total. The molecule has 0 unspecified atom stereocenters. The first kappa shape index (κ1) is 15.0. The summed E-state index contributed by atoms with van der Waals surface area (Å²) < 4.78 is 0. The molecule has 0 saturated carbocycles. The van der Waals surface area contributed by atoms with Gasteiger partial charge in [0.2, 0.25) is 11.8 Å². The molecule has 0 aromatic carbocycles. The minimum atomic E-state index is -0.721. The van der Waals surface area contributed by atoms with Gasteiger partial charge >= 0.3 is 0 Å². The number of anilines is 1. The van der Waals surface area contributed by atoms with Gasteiger partial charge in [0.25, 0.3) is 0 Å². The van der Waals surface area contributed by atoms with Gasteiger partial charge in [0.05, 0.1) is 23.0 Å². The molecule has 1 aromatic rings. The van der Waals surface area contributed by atoms with Crippen LogP contribution in [0.15, 0.2) is 18.3 Å². The van der Waals surface area contributed by atoms with Crippen LogP contribution in [0.25, 0.3) is 0 Å². The Morgan fingerprint density at radius 2 is 2.18 bits per heavy atom. The molecule has 22 heavy (non-hydrogen) atoms. The number of hydrogen-bond donors (Lipinski definition) is 2. The van der Waals surface area contributed by atoms with E-state index in [1.165, 1.54) is 0 Å². The SMILES string of the molecule is C[C@H]1CNCCN1c1ccc([C@@]2(C)CCC(=O)NC2=O)nc1. The highest BCUT2D eigenvalue weighted by atomic mass is 16.2. The van der Waals surface area contributed by atoms with Crippen molar-refractivity contribution in [3.8, 4) is 0 Å². The molecule has 118 valence electrons. The molecule has 2 saturated heterocycles. The van der Waals surface area contributed by atoms with E-state index in [1.807, 2.05) is 25.3 Å². The van der Waals surface area contributed by atoms with Gasteiger partial charge in [0.15, 0.2) is 0 Å². The third-order valence-corrected chi connectivity index (χ3v) is 4.75. The number of amides is 2. The van der Waals surface area contributed by atoms with Crippen LogP contribution in [0, 0.1) is 0 Å². The first-order chi connectivity index (χ1) is 10.5. The Morgan fingerprint density at radius 3 is 2.82 bits per heavy atom. The first-order valence-corrected chi connectivity index (χ1v) is 7.79. The molecule has 0 radical (unpaired) electrons. The van der Waals surface area contributed by atoms with Crippen LogP contribution in [0.3, 0.4) is 0 Å². The normalized spacial score (nSPS) is 29.4. The summed E-state index contributed by atoms with van der Waals surface area (Å²) >= 11 is 0. The largest absolute Gasteiger partial charge is 0.365 e. The predicted molar refractivity (Wildman–Crippen MR) is 83.7 cm³/mol. The lowest BCUT2D eigenvalue weighted by Gasteiger charge is -2.36. The number of nitrogens with one attached hydrogen (secondary N) is 2. The number of aromatic nitrogens is 1. The maximum absolute atomic E-state index is 12.2. The van der Waals surface area contributed by atoms with Crippen LogP contribution in [-0.2, 0) is 15.0 Å². The zero-order valence-electron chi connectivity index (χ0n) is 13.1. The van der Waals surface area contributed by atoms with Crippen LogP contribution in [-0.4, -0.2) is 42.5 Å². The smallest absolute Gasteiger partial charge is 0.238 e. The lowest BCUT2D eigenvalue weighted by atomic mass is 9.78. The van der Waals surface area contributed by atoms with Crippen LogP contribution < -0.4 is 15.5 Å². The Labute approximate surface area is 130 Å². The van der Waals surface area contributed by atoms with Crippen LogP contribution in [0.1, 0.15) is 32.4 Å². The summed E-state index contributed by atoms with van der Waals surface area (Å²) in [5, 5.41) is 5.78. The van der Waals surface area contributed by atoms with E-state index in [2.05, 4.69) is 27.4 Å². The Morgan fingerprint density at radius 1 is 1.36 bits per heavy atom. The number of piperidine rings is 1. The summed E-state index contributed by atoms with van der Waals surface area (Å²) in [5.41, 5.74) is 1.08. The van der Waals surface area contributed by atoms with Crippen molar-refractivity contribution in [1.29, 1.82) is 0 Å². The average Bonchev–Trinajstić information content (AvgIpc) is 2.52. The first-order valence-electron chi connectivity index (χ1n) is 7.79. The maximum Gasteiger partial charge on any atom is 0.238 e. The zero-order chi connectivity index (χ0) is 15.7. The summed E-state index contributed by atoms with van der Waals surface area (Å²) in [6.45, 7) is 6.92. The molecular weight excluding hydrogens is 280 g/mol. The van der Waals surface area contributed by atoms with E-state index in [1.54, 1.807) is 0 Å². The van der Waals surface area contributed by atoms with Crippen molar-refractivity contribution in [2.75, 3.05) is 24.5 Å². The van der Waals surface area contributed by atoms with E-state index in [9.17, 15) is 9.59 Å². The van der Waals surface area contributed by atoms with Gasteiger partial charge in [0.1, 0.15) is 0 Å². The van der Waals surface area contributed by atoms with Crippen LogP contribution in [0.4, 0.5) is 5.69 Å². The van der Waals surface area contributed by atoms with Gasteiger partial charge in [-0.25, -0.2) is 0 Å². The van der Waals surface area contributed by atoms with Gasteiger partial charge in [-0.2, -0.15) is 0 Å². The number of pyridine rings is 1. The number of hydrogen-bond acceptors (Lipinski definition) is 5. The van der Waals surface area contributed by atoms with Crippen LogP contribution >= 0.6 is 0 Å². The second-order valence-corrected chi connectivity index (χ2v) is 6.36. The van der Waals surface area contributed by atoms with E-state index in [-0.39, 0.29) is 11.8 Å². The van der Waals surface area contributed by atoms with E-state index >= 15 is 0 Å². The number of carbonyl (C=O) groups excluding carboxylic acids is 2. The topological polar surface area (TPSA) is 74.3 Å². The number of piperazine rings is 1. The van der Waals surface area contributed by atoms with E-state index in [0.29, 0.717) is 18.9 Å². The lowest BCUT2D eigenvalue weighted by Crippen LogP contribution is -2.50. The fourth-order valence-corrected chi connectivity index (χ4v) is 3.16. The summed E-state index contributed by atoms with van der Waals surface area (Å²) in [5.74, 6) is -0.451. The number of nitrogens with zero attached hydrogens (tertiary/aromatic N) is 2. The third kappa shape index (κ3) is 2.59. The van der Waals surface area contributed by atoms with Gasteiger partial charge < -0.3 is 10.2 Å². The summed E-state index contributed by atoms with van der Waals surface area (Å²) in [6, 6.07) is 4.37. The van der Waals surface area contributed by atoms with Gasteiger partial charge in [-0.3, -0.25) is 19.9 Å². The van der Waals surface area contributed by atoms with Gasteiger partial charge in [-0.05, 0) is 32.4 Å². The quantitative estimate of drug-likeness (QED) is 0.782. The van der Waals surface area contributed by atoms with Gasteiger partial charge in [-0.15, -0.1) is 0 Å². The Hall–Kier alpha value is -1.95.